The fourth-order valence-electron chi connectivity index (χ4n) is 10.1. The van der Waals surface area contributed by atoms with Gasteiger partial charge in [0, 0.05) is 41.2 Å². The van der Waals surface area contributed by atoms with E-state index < -0.39 is 13.7 Å². The van der Waals surface area contributed by atoms with Crippen molar-refractivity contribution in [3.8, 4) is 67.5 Å². The van der Waals surface area contributed by atoms with Crippen LogP contribution < -0.4 is 0 Å². The molecule has 0 radical (unpaired) electrons. The van der Waals surface area contributed by atoms with E-state index in [0.29, 0.717) is 33.8 Å². The molecule has 0 spiro atoms. The second kappa shape index (κ2) is 20.9. The Labute approximate surface area is 449 Å². The Bertz CT molecular complexity index is 3390. The van der Waals surface area contributed by atoms with Crippen molar-refractivity contribution in [3.63, 3.8) is 0 Å². The molecule has 0 amide bonds. The van der Waals surface area contributed by atoms with Gasteiger partial charge in [0.1, 0.15) is 11.6 Å². The molecular formula is C66H76N3OPt-. The zero-order valence-electron chi connectivity index (χ0n) is 50.1. The summed E-state index contributed by atoms with van der Waals surface area (Å²) >= 11 is 0. The van der Waals surface area contributed by atoms with Gasteiger partial charge in [-0.1, -0.05) is 179 Å². The third-order valence-electron chi connectivity index (χ3n) is 15.7. The molecule has 6 aromatic carbocycles. The number of rotatable bonds is 14. The third kappa shape index (κ3) is 10.1. The van der Waals surface area contributed by atoms with Gasteiger partial charge in [0.05, 0.1) is 22.3 Å². The maximum absolute atomic E-state index is 12.5. The number of fused-ring (bicyclic) bond motifs is 1. The summed E-state index contributed by atoms with van der Waals surface area (Å²) in [6, 6.07) is 41.7. The molecule has 0 saturated carbocycles. The predicted molar refractivity (Wildman–Crippen MR) is 299 cm³/mol. The van der Waals surface area contributed by atoms with Crippen molar-refractivity contribution in [3.05, 3.63) is 166 Å². The largest absolute Gasteiger partial charge is 0.507 e. The minimum atomic E-state index is -2.56. The zero-order chi connectivity index (χ0) is 55.4. The van der Waals surface area contributed by atoms with Gasteiger partial charge in [-0.3, -0.25) is 9.55 Å². The number of benzene rings is 6. The quantitative estimate of drug-likeness (QED) is 0.110. The van der Waals surface area contributed by atoms with Gasteiger partial charge in [-0.25, -0.2) is 4.98 Å². The van der Waals surface area contributed by atoms with E-state index in [1.165, 1.54) is 11.1 Å². The third-order valence-corrected chi connectivity index (χ3v) is 15.7. The number of para-hydroxylation sites is 1. The van der Waals surface area contributed by atoms with Gasteiger partial charge in [-0.2, -0.15) is 0 Å². The van der Waals surface area contributed by atoms with Crippen LogP contribution in [0.25, 0.3) is 72.7 Å². The summed E-state index contributed by atoms with van der Waals surface area (Å²) in [5, 5.41) is 12.5. The molecule has 2 aromatic heterocycles. The van der Waals surface area contributed by atoms with Crippen LogP contribution in [-0.4, -0.2) is 19.6 Å². The smallest absolute Gasteiger partial charge is 0.148 e. The van der Waals surface area contributed by atoms with Crippen molar-refractivity contribution >= 4 is 11.0 Å². The van der Waals surface area contributed by atoms with E-state index >= 15 is 0 Å². The second-order valence-corrected chi connectivity index (χ2v) is 21.7. The fraction of sp³-hybridized carbons (Fsp3) is 0.364. The number of hydrogen-bond donors (Lipinski definition) is 1. The molecule has 0 fully saturated rings. The molecule has 1 N–H and O–H groups in total. The molecule has 5 heteroatoms. The van der Waals surface area contributed by atoms with Crippen molar-refractivity contribution in [2.45, 2.75) is 157 Å². The van der Waals surface area contributed by atoms with Crippen LogP contribution in [0, 0.1) is 19.8 Å². The van der Waals surface area contributed by atoms with Crippen LogP contribution >= 0.6 is 0 Å². The first kappa shape index (κ1) is 45.3. The normalized spacial score (nSPS) is 13.9. The molecule has 372 valence electrons. The summed E-state index contributed by atoms with van der Waals surface area (Å²) in [6.45, 7) is 23.8. The number of aryl methyl sites for hydroxylation is 2. The van der Waals surface area contributed by atoms with Crippen LogP contribution in [0.5, 0.6) is 5.75 Å². The minimum absolute atomic E-state index is 0. The summed E-state index contributed by atoms with van der Waals surface area (Å²) < 4.78 is 53.7. The van der Waals surface area contributed by atoms with Crippen molar-refractivity contribution < 1.29 is 34.4 Å². The van der Waals surface area contributed by atoms with Crippen molar-refractivity contribution in [2.75, 3.05) is 0 Å². The average molecular weight is 1130 g/mol. The van der Waals surface area contributed by atoms with Gasteiger partial charge in [-0.15, -0.1) is 29.3 Å². The number of hydrogen-bond acceptors (Lipinski definition) is 3. The molecule has 0 unspecified atom stereocenters. The first-order valence-corrected chi connectivity index (χ1v) is 25.5. The molecule has 0 aliphatic heterocycles. The number of nitrogens with zero attached hydrogens (tertiary/aromatic N) is 3. The number of aromatic nitrogens is 3. The summed E-state index contributed by atoms with van der Waals surface area (Å²) in [6.07, 6.45) is 5.47. The van der Waals surface area contributed by atoms with Gasteiger partial charge >= 0.3 is 0 Å². The fourth-order valence-corrected chi connectivity index (χ4v) is 10.1. The number of pyridine rings is 1. The molecule has 0 aliphatic rings. The van der Waals surface area contributed by atoms with Crippen molar-refractivity contribution in [1.29, 1.82) is 0 Å². The standard InChI is InChI=1S/C66H76N3O.Pt/c1-16-65(14,17-2)55-23-21-24-56(66(15,18-3)19-4)60(55)47-30-31-58(44(10)34-47)69-59-25-20-22-52(61(59)68-63(69)54-39-48(41(5)6)38-53(42(7)8)62(54)70)49-35-50(37-51(36-49)64(11,12)13)57-40-46(32-33-67-57)45-28-26-43(9)27-29-45;/h20-34,36-42,70H,16-19H2,1-15H3;/q-1;/i9D3,10D3;. The van der Waals surface area contributed by atoms with E-state index in [2.05, 4.69) is 139 Å². The molecule has 71 heavy (non-hydrogen) atoms. The molecule has 0 saturated heterocycles. The predicted octanol–water partition coefficient (Wildman–Crippen LogP) is 18.6. The molecule has 0 atom stereocenters. The van der Waals surface area contributed by atoms with E-state index in [4.69, 9.17) is 14.1 Å². The van der Waals surface area contributed by atoms with Crippen molar-refractivity contribution in [2.24, 2.45) is 0 Å². The van der Waals surface area contributed by atoms with E-state index in [9.17, 15) is 9.22 Å². The topological polar surface area (TPSA) is 50.9 Å². The van der Waals surface area contributed by atoms with Crippen LogP contribution in [0.1, 0.15) is 175 Å². The Hall–Kier alpha value is -5.57. The molecular weight excluding hydrogens is 1050 g/mol. The van der Waals surface area contributed by atoms with Gasteiger partial charge in [0.25, 0.3) is 0 Å². The zero-order valence-corrected chi connectivity index (χ0v) is 46.4. The summed E-state index contributed by atoms with van der Waals surface area (Å²) in [5.41, 5.74) is 14.2. The number of imidazole rings is 1. The molecule has 4 nitrogen and oxygen atoms in total. The summed E-state index contributed by atoms with van der Waals surface area (Å²) in [5.74, 6) is 0.658. The van der Waals surface area contributed by atoms with Gasteiger partial charge in [0.15, 0.2) is 0 Å². The van der Waals surface area contributed by atoms with Gasteiger partial charge in [-0.05, 0) is 148 Å². The van der Waals surface area contributed by atoms with E-state index in [1.807, 2.05) is 65.2 Å². The van der Waals surface area contributed by atoms with Crippen LogP contribution in [0.15, 0.2) is 121 Å². The first-order chi connectivity index (χ1) is 35.7. The van der Waals surface area contributed by atoms with Crippen LogP contribution in [0.4, 0.5) is 0 Å². The SMILES string of the molecule is [2H]C([2H])([2H])c1ccc(-c2ccnc(-c3[c-]c(-c4cccc5c4nc(-c4cc(C(C)C)cc(C(C)C)c4O)n5-c4ccc(-c5c(C(C)(CC)CC)cccc5C(C)(CC)CC)cc4C([2H])([2H])[2H])cc(C(C)(C)C)c3)c2)cc1.[Pt]. The molecule has 2 heterocycles. The Morgan fingerprint density at radius 1 is 0.648 bits per heavy atom. The summed E-state index contributed by atoms with van der Waals surface area (Å²) in [4.78, 5) is 10.4. The first-order valence-electron chi connectivity index (χ1n) is 28.5. The Morgan fingerprint density at radius 2 is 1.28 bits per heavy atom. The Morgan fingerprint density at radius 3 is 1.87 bits per heavy atom. The van der Waals surface area contributed by atoms with Gasteiger partial charge in [0.2, 0.25) is 0 Å². The molecule has 0 bridgehead atoms. The molecule has 0 aliphatic carbocycles. The van der Waals surface area contributed by atoms with Crippen molar-refractivity contribution in [1.82, 2.24) is 14.5 Å². The second-order valence-electron chi connectivity index (χ2n) is 21.7. The average Bonchev–Trinajstić information content (AvgIpc) is 3.79. The van der Waals surface area contributed by atoms with Crippen LogP contribution in [-0.2, 0) is 37.3 Å². The Balaban J connectivity index is 0.00000861. The van der Waals surface area contributed by atoms with E-state index in [1.54, 1.807) is 18.3 Å². The maximum atomic E-state index is 12.5. The minimum Gasteiger partial charge on any atom is -0.507 e. The van der Waals surface area contributed by atoms with E-state index in [-0.39, 0.29) is 66.0 Å². The van der Waals surface area contributed by atoms with Gasteiger partial charge < -0.3 is 5.11 Å². The molecule has 8 rings (SSSR count). The monoisotopic (exact) mass is 1130 g/mol. The number of phenolic OH excluding ortho intramolecular Hbond substituents is 1. The number of aromatic hydroxyl groups is 1. The number of phenols is 1. The Kier molecular flexibility index (Phi) is 13.3. The summed E-state index contributed by atoms with van der Waals surface area (Å²) in [7, 11) is 0. The van der Waals surface area contributed by atoms with Crippen LogP contribution in [0.2, 0.25) is 0 Å². The van der Waals surface area contributed by atoms with E-state index in [0.717, 1.165) is 81.3 Å². The van der Waals surface area contributed by atoms with Crippen LogP contribution in [0.3, 0.4) is 0 Å². The maximum Gasteiger partial charge on any atom is 0.148 e. The molecule has 8 aromatic rings.